The van der Waals surface area contributed by atoms with E-state index in [1.165, 1.54) is 12.1 Å². The highest BCUT2D eigenvalue weighted by atomic mass is 19.1. The van der Waals surface area contributed by atoms with Gasteiger partial charge in [0.15, 0.2) is 0 Å². The molecule has 1 aliphatic rings. The molecule has 24 heavy (non-hydrogen) atoms. The third-order valence-corrected chi connectivity index (χ3v) is 4.91. The first-order chi connectivity index (χ1) is 11.6. The van der Waals surface area contributed by atoms with Crippen LogP contribution in [-0.2, 0) is 21.5 Å². The van der Waals surface area contributed by atoms with Gasteiger partial charge in [-0.15, -0.1) is 0 Å². The fraction of sp³-hybridized carbons (Fsp3) is 0.400. The summed E-state index contributed by atoms with van der Waals surface area (Å²) in [5.41, 5.74) is 1.15. The fourth-order valence-corrected chi connectivity index (χ4v) is 3.54. The maximum Gasteiger partial charge on any atom is 0.123 e. The summed E-state index contributed by atoms with van der Waals surface area (Å²) in [4.78, 5) is 0. The molecule has 0 aromatic heterocycles. The van der Waals surface area contributed by atoms with Crippen LogP contribution in [0.1, 0.15) is 24.5 Å². The van der Waals surface area contributed by atoms with Crippen LogP contribution >= 0.6 is 0 Å². The monoisotopic (exact) mass is 330 g/mol. The zero-order valence-corrected chi connectivity index (χ0v) is 13.8. The van der Waals surface area contributed by atoms with E-state index in [1.54, 1.807) is 13.0 Å². The highest BCUT2D eigenvalue weighted by Crippen LogP contribution is 2.40. The maximum atomic E-state index is 13.8. The lowest BCUT2D eigenvalue weighted by atomic mass is 9.68. The first-order valence-corrected chi connectivity index (χ1v) is 8.30. The third-order valence-electron chi connectivity index (χ3n) is 4.91. The summed E-state index contributed by atoms with van der Waals surface area (Å²) in [5.74, 6) is -0.305. The van der Waals surface area contributed by atoms with Gasteiger partial charge >= 0.3 is 0 Å². The van der Waals surface area contributed by atoms with E-state index in [0.29, 0.717) is 26.2 Å². The van der Waals surface area contributed by atoms with E-state index in [4.69, 9.17) is 9.47 Å². The number of rotatable bonds is 5. The molecule has 2 aromatic carbocycles. The van der Waals surface area contributed by atoms with Crippen LogP contribution in [0.25, 0.3) is 0 Å². The van der Waals surface area contributed by atoms with Crippen molar-refractivity contribution in [3.8, 4) is 0 Å². The van der Waals surface area contributed by atoms with E-state index in [0.717, 1.165) is 11.1 Å². The molecule has 0 spiro atoms. The van der Waals surface area contributed by atoms with Crippen molar-refractivity contribution >= 4 is 0 Å². The average molecular weight is 330 g/mol. The normalized spacial score (nSPS) is 25.4. The van der Waals surface area contributed by atoms with Gasteiger partial charge in [-0.05, 0) is 36.6 Å². The molecule has 1 fully saturated rings. The molecule has 2 aromatic rings. The highest BCUT2D eigenvalue weighted by molar-refractivity contribution is 5.30. The van der Waals surface area contributed by atoms with Gasteiger partial charge in [0.1, 0.15) is 5.82 Å². The van der Waals surface area contributed by atoms with Crippen molar-refractivity contribution in [3.05, 3.63) is 71.5 Å². The van der Waals surface area contributed by atoms with E-state index in [1.807, 2.05) is 36.4 Å². The van der Waals surface area contributed by atoms with Gasteiger partial charge in [-0.1, -0.05) is 42.5 Å². The third kappa shape index (κ3) is 3.36. The van der Waals surface area contributed by atoms with Crippen molar-refractivity contribution < 1.29 is 19.0 Å². The maximum absolute atomic E-state index is 13.8. The van der Waals surface area contributed by atoms with Crippen molar-refractivity contribution in [1.82, 2.24) is 0 Å². The molecule has 0 amide bonds. The first kappa shape index (κ1) is 17.1. The Bertz CT molecular complexity index is 659. The number of hydrogen-bond acceptors (Lipinski definition) is 3. The minimum absolute atomic E-state index is 0.305. The lowest BCUT2D eigenvalue weighted by molar-refractivity contribution is -0.135. The van der Waals surface area contributed by atoms with Gasteiger partial charge in [0.05, 0.1) is 30.8 Å². The Labute approximate surface area is 142 Å². The van der Waals surface area contributed by atoms with Crippen molar-refractivity contribution in [1.29, 1.82) is 0 Å². The summed E-state index contributed by atoms with van der Waals surface area (Å²) in [7, 11) is 0. The van der Waals surface area contributed by atoms with E-state index in [9.17, 15) is 9.50 Å². The van der Waals surface area contributed by atoms with Gasteiger partial charge in [-0.2, -0.15) is 0 Å². The second-order valence-electron chi connectivity index (χ2n) is 6.34. The van der Waals surface area contributed by atoms with Crippen LogP contribution < -0.4 is 0 Å². The zero-order valence-electron chi connectivity index (χ0n) is 13.8. The number of aliphatic hydroxyl groups excluding tert-OH is 1. The Morgan fingerprint density at radius 2 is 2.04 bits per heavy atom. The van der Waals surface area contributed by atoms with Crippen LogP contribution in [0.4, 0.5) is 4.39 Å². The topological polar surface area (TPSA) is 38.7 Å². The Kier molecular flexibility index (Phi) is 5.29. The molecule has 1 heterocycles. The quantitative estimate of drug-likeness (QED) is 0.912. The number of benzene rings is 2. The van der Waals surface area contributed by atoms with Gasteiger partial charge in [0.2, 0.25) is 0 Å². The second kappa shape index (κ2) is 7.43. The van der Waals surface area contributed by atoms with Gasteiger partial charge in [-0.3, -0.25) is 0 Å². The molecule has 0 saturated carbocycles. The predicted octanol–water partition coefficient (Wildman–Crippen LogP) is 3.45. The van der Waals surface area contributed by atoms with Crippen LogP contribution in [-0.4, -0.2) is 30.5 Å². The SMILES string of the molecule is CC(O)C1(c2cccc(F)c2)CCOCC1OCc1ccccc1. The van der Waals surface area contributed by atoms with Gasteiger partial charge in [-0.25, -0.2) is 4.39 Å². The summed E-state index contributed by atoms with van der Waals surface area (Å²) < 4.78 is 25.5. The Hall–Kier alpha value is -1.75. The van der Waals surface area contributed by atoms with E-state index in [-0.39, 0.29) is 11.9 Å². The van der Waals surface area contributed by atoms with Crippen LogP contribution in [0.3, 0.4) is 0 Å². The molecular formula is C20H23FO3. The molecule has 4 heteroatoms. The number of aliphatic hydroxyl groups is 1. The Balaban J connectivity index is 1.89. The summed E-state index contributed by atoms with van der Waals surface area (Å²) in [5, 5.41) is 10.6. The smallest absolute Gasteiger partial charge is 0.123 e. The molecular weight excluding hydrogens is 307 g/mol. The van der Waals surface area contributed by atoms with Crippen molar-refractivity contribution in [3.63, 3.8) is 0 Å². The van der Waals surface area contributed by atoms with Crippen LogP contribution in [0.15, 0.2) is 54.6 Å². The van der Waals surface area contributed by atoms with E-state index >= 15 is 0 Å². The summed E-state index contributed by atoms with van der Waals surface area (Å²) in [6, 6.07) is 16.3. The standard InChI is InChI=1S/C20H23FO3/c1-15(22)20(17-8-5-9-18(21)12-17)10-11-23-14-19(20)24-13-16-6-3-2-4-7-16/h2-9,12,15,19,22H,10-11,13-14H2,1H3. The lowest BCUT2D eigenvalue weighted by Gasteiger charge is -2.46. The average Bonchev–Trinajstić information content (AvgIpc) is 2.61. The predicted molar refractivity (Wildman–Crippen MR) is 90.2 cm³/mol. The van der Waals surface area contributed by atoms with Crippen LogP contribution in [0.2, 0.25) is 0 Å². The van der Waals surface area contributed by atoms with Crippen molar-refractivity contribution in [2.45, 2.75) is 37.6 Å². The number of hydrogen-bond donors (Lipinski definition) is 1. The zero-order chi connectivity index (χ0) is 17.0. The lowest BCUT2D eigenvalue weighted by Crippen LogP contribution is -2.54. The summed E-state index contributed by atoms with van der Waals surface area (Å²) >= 11 is 0. The molecule has 3 unspecified atom stereocenters. The molecule has 128 valence electrons. The minimum atomic E-state index is -0.677. The Morgan fingerprint density at radius 3 is 2.75 bits per heavy atom. The molecule has 3 atom stereocenters. The highest BCUT2D eigenvalue weighted by Gasteiger charge is 2.47. The largest absolute Gasteiger partial charge is 0.392 e. The van der Waals surface area contributed by atoms with Gasteiger partial charge in [0.25, 0.3) is 0 Å². The molecule has 1 aliphatic heterocycles. The van der Waals surface area contributed by atoms with Crippen molar-refractivity contribution in [2.24, 2.45) is 0 Å². The molecule has 3 nitrogen and oxygen atoms in total. The summed E-state index contributed by atoms with van der Waals surface area (Å²) in [6.45, 7) is 3.08. The van der Waals surface area contributed by atoms with Crippen LogP contribution in [0.5, 0.6) is 0 Å². The molecule has 3 rings (SSSR count). The van der Waals surface area contributed by atoms with Crippen LogP contribution in [0, 0.1) is 5.82 Å². The number of halogens is 1. The second-order valence-corrected chi connectivity index (χ2v) is 6.34. The minimum Gasteiger partial charge on any atom is -0.392 e. The van der Waals surface area contributed by atoms with Gasteiger partial charge in [0, 0.05) is 6.61 Å². The Morgan fingerprint density at radius 1 is 1.25 bits per heavy atom. The van der Waals surface area contributed by atoms with E-state index in [2.05, 4.69) is 0 Å². The number of ether oxygens (including phenoxy) is 2. The van der Waals surface area contributed by atoms with E-state index < -0.39 is 11.5 Å². The van der Waals surface area contributed by atoms with Gasteiger partial charge < -0.3 is 14.6 Å². The molecule has 0 bridgehead atoms. The van der Waals surface area contributed by atoms with Crippen molar-refractivity contribution in [2.75, 3.05) is 13.2 Å². The molecule has 1 N–H and O–H groups in total. The summed E-state index contributed by atoms with van der Waals surface area (Å²) in [6.07, 6.45) is -0.426. The molecule has 0 aliphatic carbocycles. The first-order valence-electron chi connectivity index (χ1n) is 8.30. The molecule has 0 radical (unpaired) electrons. The molecule has 1 saturated heterocycles. The fourth-order valence-electron chi connectivity index (χ4n) is 3.54.